The third kappa shape index (κ3) is 3.71. The number of hydrogen-bond acceptors (Lipinski definition) is 4. The first kappa shape index (κ1) is 16.8. The molecule has 1 atom stereocenters. The minimum absolute atomic E-state index is 0.130. The smallest absolute Gasteiger partial charge is 0.375 e. The zero-order valence-electron chi connectivity index (χ0n) is 14.1. The second kappa shape index (κ2) is 7.21. The van der Waals surface area contributed by atoms with Gasteiger partial charge in [-0.2, -0.15) is 0 Å². The van der Waals surface area contributed by atoms with Crippen molar-refractivity contribution in [3.63, 3.8) is 0 Å². The molecule has 0 fully saturated rings. The van der Waals surface area contributed by atoms with Crippen LogP contribution in [-0.4, -0.2) is 18.5 Å². The maximum absolute atomic E-state index is 12.2. The highest BCUT2D eigenvalue weighted by Gasteiger charge is 2.20. The van der Waals surface area contributed by atoms with Crippen molar-refractivity contribution < 1.29 is 18.7 Å². The van der Waals surface area contributed by atoms with Crippen LogP contribution in [0.2, 0.25) is 0 Å². The van der Waals surface area contributed by atoms with E-state index < -0.39 is 5.97 Å². The molecule has 0 aliphatic heterocycles. The van der Waals surface area contributed by atoms with Gasteiger partial charge in [-0.15, -0.1) is 0 Å². The number of ether oxygens (including phenoxy) is 1. The number of nitrogens with one attached hydrogen (secondary N) is 1. The summed E-state index contributed by atoms with van der Waals surface area (Å²) in [5.74, 6) is -0.875. The average Bonchev–Trinajstić information content (AvgIpc) is 2.97. The number of fused-ring (bicyclic) bond motifs is 1. The standard InChI is InChI=1S/C20H19NO4/c1-13-16-10-6-7-11-17(16)25-19(13)20(23)24-12-18(22)21-14(2)15-8-4-3-5-9-15/h3-11,14H,12H2,1-2H3,(H,21,22)/t14-/m0/s1. The van der Waals surface area contributed by atoms with E-state index in [1.807, 2.05) is 55.5 Å². The van der Waals surface area contributed by atoms with Crippen molar-refractivity contribution in [2.45, 2.75) is 19.9 Å². The van der Waals surface area contributed by atoms with Gasteiger partial charge >= 0.3 is 5.97 Å². The quantitative estimate of drug-likeness (QED) is 0.720. The zero-order valence-corrected chi connectivity index (χ0v) is 14.1. The van der Waals surface area contributed by atoms with Gasteiger partial charge in [0.2, 0.25) is 5.76 Å². The van der Waals surface area contributed by atoms with E-state index in [2.05, 4.69) is 5.32 Å². The number of benzene rings is 2. The molecule has 0 aliphatic rings. The molecule has 0 aliphatic carbocycles. The highest BCUT2D eigenvalue weighted by atomic mass is 16.5. The van der Waals surface area contributed by atoms with Crippen LogP contribution in [0.25, 0.3) is 11.0 Å². The van der Waals surface area contributed by atoms with Crippen LogP contribution in [0, 0.1) is 6.92 Å². The first-order valence-corrected chi connectivity index (χ1v) is 8.06. The van der Waals surface area contributed by atoms with E-state index in [1.54, 1.807) is 13.0 Å². The Bertz CT molecular complexity index is 898. The summed E-state index contributed by atoms with van der Waals surface area (Å²) < 4.78 is 10.6. The van der Waals surface area contributed by atoms with Crippen molar-refractivity contribution in [3.05, 3.63) is 71.5 Å². The Balaban J connectivity index is 1.60. The minimum atomic E-state index is -0.642. The Morgan fingerprint density at radius 2 is 1.76 bits per heavy atom. The number of carbonyl (C=O) groups excluding carboxylic acids is 2. The van der Waals surface area contributed by atoms with Crippen LogP contribution in [0.15, 0.2) is 59.0 Å². The molecule has 3 rings (SSSR count). The Morgan fingerprint density at radius 1 is 1.08 bits per heavy atom. The highest BCUT2D eigenvalue weighted by Crippen LogP contribution is 2.25. The number of carbonyl (C=O) groups is 2. The van der Waals surface area contributed by atoms with Crippen LogP contribution in [0.5, 0.6) is 0 Å². The lowest BCUT2D eigenvalue weighted by Gasteiger charge is -2.14. The summed E-state index contributed by atoms with van der Waals surface area (Å²) >= 11 is 0. The minimum Gasteiger partial charge on any atom is -0.450 e. The number of furan rings is 1. The summed E-state index contributed by atoms with van der Waals surface area (Å²) in [7, 11) is 0. The molecule has 0 saturated heterocycles. The molecule has 3 aromatic rings. The number of hydrogen-bond donors (Lipinski definition) is 1. The molecule has 1 aromatic heterocycles. The van der Waals surface area contributed by atoms with Gasteiger partial charge in [0, 0.05) is 10.9 Å². The van der Waals surface area contributed by atoms with Crippen molar-refractivity contribution in [1.29, 1.82) is 0 Å². The van der Waals surface area contributed by atoms with E-state index in [9.17, 15) is 9.59 Å². The molecule has 0 radical (unpaired) electrons. The molecule has 0 saturated carbocycles. The summed E-state index contributed by atoms with van der Waals surface area (Å²) in [5, 5.41) is 3.66. The SMILES string of the molecule is Cc1c(C(=O)OCC(=O)N[C@@H](C)c2ccccc2)oc2ccccc12. The Morgan fingerprint density at radius 3 is 2.48 bits per heavy atom. The first-order chi connectivity index (χ1) is 12.1. The van der Waals surface area contributed by atoms with Gasteiger partial charge in [-0.3, -0.25) is 4.79 Å². The van der Waals surface area contributed by atoms with E-state index in [0.717, 1.165) is 10.9 Å². The van der Waals surface area contributed by atoms with E-state index in [1.165, 1.54) is 0 Å². The van der Waals surface area contributed by atoms with Gasteiger partial charge in [0.1, 0.15) is 5.58 Å². The maximum Gasteiger partial charge on any atom is 0.375 e. The third-order valence-corrected chi connectivity index (χ3v) is 4.04. The fraction of sp³-hybridized carbons (Fsp3) is 0.200. The van der Waals surface area contributed by atoms with Gasteiger partial charge in [0.15, 0.2) is 6.61 Å². The zero-order chi connectivity index (χ0) is 17.8. The lowest BCUT2D eigenvalue weighted by atomic mass is 10.1. The second-order valence-electron chi connectivity index (χ2n) is 5.83. The highest BCUT2D eigenvalue weighted by molar-refractivity contribution is 5.96. The van der Waals surface area contributed by atoms with Crippen LogP contribution < -0.4 is 5.32 Å². The molecule has 0 spiro atoms. The molecular weight excluding hydrogens is 318 g/mol. The summed E-state index contributed by atoms with van der Waals surface area (Å²) in [6, 6.07) is 16.8. The van der Waals surface area contributed by atoms with Crippen molar-refractivity contribution in [2.75, 3.05) is 6.61 Å². The van der Waals surface area contributed by atoms with Gasteiger partial charge in [0.25, 0.3) is 5.91 Å². The number of esters is 1. The van der Waals surface area contributed by atoms with Crippen LogP contribution >= 0.6 is 0 Å². The normalized spacial score (nSPS) is 11.9. The Kier molecular flexibility index (Phi) is 4.84. The van der Waals surface area contributed by atoms with E-state index >= 15 is 0 Å². The van der Waals surface area contributed by atoms with E-state index in [4.69, 9.17) is 9.15 Å². The molecule has 2 aromatic carbocycles. The molecule has 0 unspecified atom stereocenters. The predicted octanol–water partition coefficient (Wildman–Crippen LogP) is 3.78. The summed E-state index contributed by atoms with van der Waals surface area (Å²) in [5.41, 5.74) is 2.31. The second-order valence-corrected chi connectivity index (χ2v) is 5.83. The van der Waals surface area contributed by atoms with Gasteiger partial charge in [-0.1, -0.05) is 48.5 Å². The predicted molar refractivity (Wildman–Crippen MR) is 94.2 cm³/mol. The Hall–Kier alpha value is -3.08. The van der Waals surface area contributed by atoms with Crippen LogP contribution in [0.3, 0.4) is 0 Å². The maximum atomic E-state index is 12.2. The van der Waals surface area contributed by atoms with Crippen LogP contribution in [0.1, 0.15) is 34.6 Å². The van der Waals surface area contributed by atoms with Gasteiger partial charge in [-0.25, -0.2) is 4.79 Å². The number of para-hydroxylation sites is 1. The molecule has 128 valence electrons. The first-order valence-electron chi connectivity index (χ1n) is 8.06. The monoisotopic (exact) mass is 337 g/mol. The fourth-order valence-corrected chi connectivity index (χ4v) is 2.67. The molecular formula is C20H19NO4. The summed E-state index contributed by atoms with van der Waals surface area (Å²) in [6.45, 7) is 3.31. The number of amides is 1. The lowest BCUT2D eigenvalue weighted by Crippen LogP contribution is -2.31. The Labute approximate surface area is 145 Å². The largest absolute Gasteiger partial charge is 0.450 e. The van der Waals surface area contributed by atoms with Gasteiger partial charge in [-0.05, 0) is 25.5 Å². The van der Waals surface area contributed by atoms with Gasteiger partial charge < -0.3 is 14.5 Å². The summed E-state index contributed by atoms with van der Waals surface area (Å²) in [6.07, 6.45) is 0. The molecule has 5 nitrogen and oxygen atoms in total. The molecule has 1 N–H and O–H groups in total. The number of aryl methyl sites for hydroxylation is 1. The topological polar surface area (TPSA) is 68.5 Å². The van der Waals surface area contributed by atoms with Crippen LogP contribution in [0.4, 0.5) is 0 Å². The van der Waals surface area contributed by atoms with E-state index in [-0.39, 0.29) is 24.3 Å². The van der Waals surface area contributed by atoms with Crippen LogP contribution in [-0.2, 0) is 9.53 Å². The van der Waals surface area contributed by atoms with Crippen molar-refractivity contribution in [2.24, 2.45) is 0 Å². The van der Waals surface area contributed by atoms with Crippen molar-refractivity contribution >= 4 is 22.8 Å². The summed E-state index contributed by atoms with van der Waals surface area (Å²) in [4.78, 5) is 24.2. The lowest BCUT2D eigenvalue weighted by molar-refractivity contribution is -0.124. The average molecular weight is 337 g/mol. The number of rotatable bonds is 5. The van der Waals surface area contributed by atoms with Gasteiger partial charge in [0.05, 0.1) is 6.04 Å². The van der Waals surface area contributed by atoms with E-state index in [0.29, 0.717) is 11.1 Å². The third-order valence-electron chi connectivity index (χ3n) is 4.04. The molecule has 25 heavy (non-hydrogen) atoms. The fourth-order valence-electron chi connectivity index (χ4n) is 2.67. The van der Waals surface area contributed by atoms with Crippen molar-refractivity contribution in [1.82, 2.24) is 5.32 Å². The molecule has 5 heteroatoms. The molecule has 0 bridgehead atoms. The molecule has 1 heterocycles. The van der Waals surface area contributed by atoms with Crippen molar-refractivity contribution in [3.8, 4) is 0 Å². The molecule has 1 amide bonds.